The third-order valence-electron chi connectivity index (χ3n) is 4.67. The van der Waals surface area contributed by atoms with E-state index in [2.05, 4.69) is 21.9 Å². The maximum atomic E-state index is 12.7. The molecular formula is C14H19F3N4. The summed E-state index contributed by atoms with van der Waals surface area (Å²) in [4.78, 5) is 11.3. The van der Waals surface area contributed by atoms with Crippen molar-refractivity contribution >= 4 is 5.82 Å². The Kier molecular flexibility index (Phi) is 3.55. The van der Waals surface area contributed by atoms with Crippen molar-refractivity contribution in [1.29, 1.82) is 0 Å². The number of hydrogen-bond donors (Lipinski definition) is 0. The number of alkyl halides is 3. The molecular weight excluding hydrogens is 281 g/mol. The van der Waals surface area contributed by atoms with Crippen LogP contribution in [0.15, 0.2) is 12.3 Å². The van der Waals surface area contributed by atoms with Crippen molar-refractivity contribution < 1.29 is 13.2 Å². The van der Waals surface area contributed by atoms with E-state index in [1.54, 1.807) is 6.07 Å². The van der Waals surface area contributed by atoms with Gasteiger partial charge in [0.1, 0.15) is 5.82 Å². The Hall–Kier alpha value is -1.37. The van der Waals surface area contributed by atoms with Crippen LogP contribution in [0, 0.1) is 5.41 Å². The van der Waals surface area contributed by atoms with E-state index < -0.39 is 12.0 Å². The Morgan fingerprint density at radius 2 is 1.81 bits per heavy atom. The molecule has 0 radical (unpaired) electrons. The molecule has 2 aliphatic heterocycles. The van der Waals surface area contributed by atoms with E-state index in [1.165, 1.54) is 12.6 Å². The van der Waals surface area contributed by atoms with E-state index in [9.17, 15) is 13.2 Å². The lowest BCUT2D eigenvalue weighted by Crippen LogP contribution is -2.41. The molecule has 2 saturated heterocycles. The molecule has 116 valence electrons. The summed E-state index contributed by atoms with van der Waals surface area (Å²) in [6, 6.07) is 1.56. The molecule has 1 aromatic heterocycles. The van der Waals surface area contributed by atoms with Gasteiger partial charge in [0.25, 0.3) is 0 Å². The van der Waals surface area contributed by atoms with E-state index in [0.29, 0.717) is 11.2 Å². The smallest absolute Gasteiger partial charge is 0.356 e. The van der Waals surface area contributed by atoms with Gasteiger partial charge in [-0.25, -0.2) is 9.97 Å². The second-order valence-corrected chi connectivity index (χ2v) is 6.21. The molecule has 0 aromatic carbocycles. The minimum absolute atomic E-state index is 0.352. The minimum atomic E-state index is -4.48. The number of anilines is 1. The Bertz CT molecular complexity index is 509. The predicted molar refractivity (Wildman–Crippen MR) is 73.0 cm³/mol. The Morgan fingerprint density at radius 1 is 1.14 bits per heavy atom. The molecule has 0 bridgehead atoms. The summed E-state index contributed by atoms with van der Waals surface area (Å²) < 4.78 is 38.0. The maximum absolute atomic E-state index is 12.7. The van der Waals surface area contributed by atoms with E-state index in [1.807, 2.05) is 4.90 Å². The van der Waals surface area contributed by atoms with Gasteiger partial charge in [-0.3, -0.25) is 0 Å². The standard InChI is InChI=1S/C14H19F3N4/c1-20-7-3-13(10-20)4-8-21(9-5-13)11-2-6-18-12(19-11)14(15,16)17/h2,6H,3-5,7-10H2,1H3. The molecule has 1 aromatic rings. The molecule has 21 heavy (non-hydrogen) atoms. The molecule has 0 N–H and O–H groups in total. The second-order valence-electron chi connectivity index (χ2n) is 6.21. The first-order chi connectivity index (χ1) is 9.88. The molecule has 2 aliphatic rings. The van der Waals surface area contributed by atoms with Crippen LogP contribution in [0.5, 0.6) is 0 Å². The zero-order chi connectivity index (χ0) is 15.1. The summed E-state index contributed by atoms with van der Waals surface area (Å²) in [7, 11) is 2.13. The highest BCUT2D eigenvalue weighted by atomic mass is 19.4. The molecule has 0 amide bonds. The number of likely N-dealkylation sites (tertiary alicyclic amines) is 1. The molecule has 3 rings (SSSR count). The lowest BCUT2D eigenvalue weighted by atomic mass is 9.78. The summed E-state index contributed by atoms with van der Waals surface area (Å²) in [6.45, 7) is 3.74. The highest BCUT2D eigenvalue weighted by molar-refractivity contribution is 5.38. The number of aromatic nitrogens is 2. The van der Waals surface area contributed by atoms with Crippen molar-refractivity contribution in [2.45, 2.75) is 25.4 Å². The normalized spacial score (nSPS) is 23.0. The summed E-state index contributed by atoms with van der Waals surface area (Å²) in [6.07, 6.45) is -0.0691. The van der Waals surface area contributed by atoms with Gasteiger partial charge in [-0.15, -0.1) is 0 Å². The molecule has 3 heterocycles. The average Bonchev–Trinajstić information content (AvgIpc) is 2.80. The maximum Gasteiger partial charge on any atom is 0.451 e. The molecule has 0 aliphatic carbocycles. The third-order valence-corrected chi connectivity index (χ3v) is 4.67. The first kappa shape index (κ1) is 14.6. The molecule has 0 atom stereocenters. The molecule has 7 heteroatoms. The van der Waals surface area contributed by atoms with Crippen molar-refractivity contribution in [1.82, 2.24) is 14.9 Å². The molecule has 0 unspecified atom stereocenters. The highest BCUT2D eigenvalue weighted by Gasteiger charge is 2.40. The lowest BCUT2D eigenvalue weighted by molar-refractivity contribution is -0.144. The van der Waals surface area contributed by atoms with E-state index in [-0.39, 0.29) is 0 Å². The van der Waals surface area contributed by atoms with Crippen molar-refractivity contribution in [2.75, 3.05) is 38.1 Å². The number of hydrogen-bond acceptors (Lipinski definition) is 4. The van der Waals surface area contributed by atoms with Gasteiger partial charge in [-0.2, -0.15) is 13.2 Å². The van der Waals surface area contributed by atoms with Crippen LogP contribution in [0.3, 0.4) is 0 Å². The highest BCUT2D eigenvalue weighted by Crippen LogP contribution is 2.40. The number of rotatable bonds is 1. The fourth-order valence-corrected chi connectivity index (χ4v) is 3.44. The minimum Gasteiger partial charge on any atom is -0.356 e. The van der Waals surface area contributed by atoms with Gasteiger partial charge in [0.15, 0.2) is 0 Å². The van der Waals surface area contributed by atoms with Crippen LogP contribution in [0.1, 0.15) is 25.1 Å². The quantitative estimate of drug-likeness (QED) is 0.797. The van der Waals surface area contributed by atoms with Gasteiger partial charge in [0, 0.05) is 25.8 Å². The lowest BCUT2D eigenvalue weighted by Gasteiger charge is -2.39. The van der Waals surface area contributed by atoms with Crippen molar-refractivity contribution in [2.24, 2.45) is 5.41 Å². The molecule has 0 saturated carbocycles. The van der Waals surface area contributed by atoms with E-state index >= 15 is 0 Å². The topological polar surface area (TPSA) is 32.3 Å². The fraction of sp³-hybridized carbons (Fsp3) is 0.714. The third kappa shape index (κ3) is 2.97. The monoisotopic (exact) mass is 300 g/mol. The van der Waals surface area contributed by atoms with Crippen molar-refractivity contribution in [3.63, 3.8) is 0 Å². The van der Waals surface area contributed by atoms with Crippen LogP contribution in [0.4, 0.5) is 19.0 Å². The SMILES string of the molecule is CN1CCC2(CCN(c3ccnc(C(F)(F)F)n3)CC2)C1. The van der Waals surface area contributed by atoms with Gasteiger partial charge in [-0.1, -0.05) is 0 Å². The number of piperidine rings is 1. The largest absolute Gasteiger partial charge is 0.451 e. The Labute approximate surface area is 122 Å². The average molecular weight is 300 g/mol. The van der Waals surface area contributed by atoms with Crippen LogP contribution in [0.25, 0.3) is 0 Å². The molecule has 2 fully saturated rings. The number of nitrogens with zero attached hydrogens (tertiary/aromatic N) is 4. The van der Waals surface area contributed by atoms with Crippen LogP contribution < -0.4 is 4.90 Å². The van der Waals surface area contributed by atoms with Gasteiger partial charge < -0.3 is 9.80 Å². The Balaban J connectivity index is 1.70. The van der Waals surface area contributed by atoms with Gasteiger partial charge in [0.2, 0.25) is 5.82 Å². The summed E-state index contributed by atoms with van der Waals surface area (Å²) in [5.41, 5.74) is 0.352. The number of halogens is 3. The van der Waals surface area contributed by atoms with Crippen LogP contribution in [-0.4, -0.2) is 48.1 Å². The predicted octanol–water partition coefficient (Wildman–Crippen LogP) is 2.42. The van der Waals surface area contributed by atoms with Crippen LogP contribution in [-0.2, 0) is 6.18 Å². The zero-order valence-corrected chi connectivity index (χ0v) is 12.0. The van der Waals surface area contributed by atoms with Gasteiger partial charge >= 0.3 is 6.18 Å². The summed E-state index contributed by atoms with van der Waals surface area (Å²) in [5, 5.41) is 0. The summed E-state index contributed by atoms with van der Waals surface area (Å²) in [5.74, 6) is -0.667. The van der Waals surface area contributed by atoms with Crippen LogP contribution >= 0.6 is 0 Å². The first-order valence-corrected chi connectivity index (χ1v) is 7.22. The van der Waals surface area contributed by atoms with Crippen molar-refractivity contribution in [3.8, 4) is 0 Å². The Morgan fingerprint density at radius 3 is 2.38 bits per heavy atom. The van der Waals surface area contributed by atoms with E-state index in [4.69, 9.17) is 0 Å². The van der Waals surface area contributed by atoms with E-state index in [0.717, 1.165) is 39.0 Å². The zero-order valence-electron chi connectivity index (χ0n) is 12.0. The van der Waals surface area contributed by atoms with Gasteiger partial charge in [-0.05, 0) is 44.3 Å². The molecule has 1 spiro atoms. The first-order valence-electron chi connectivity index (χ1n) is 7.22. The van der Waals surface area contributed by atoms with Crippen LogP contribution in [0.2, 0.25) is 0 Å². The fourth-order valence-electron chi connectivity index (χ4n) is 3.44. The van der Waals surface area contributed by atoms with Crippen molar-refractivity contribution in [3.05, 3.63) is 18.1 Å². The molecule has 4 nitrogen and oxygen atoms in total. The van der Waals surface area contributed by atoms with Gasteiger partial charge in [0.05, 0.1) is 0 Å². The summed E-state index contributed by atoms with van der Waals surface area (Å²) >= 11 is 0. The second kappa shape index (κ2) is 5.12.